The van der Waals surface area contributed by atoms with E-state index in [1.54, 1.807) is 6.20 Å². The Bertz CT molecular complexity index is 439. The van der Waals surface area contributed by atoms with E-state index in [9.17, 15) is 4.79 Å². The lowest BCUT2D eigenvalue weighted by atomic mass is 9.83. The molecule has 1 saturated carbocycles. The van der Waals surface area contributed by atoms with Gasteiger partial charge in [0.15, 0.2) is 0 Å². The number of pyridine rings is 1. The van der Waals surface area contributed by atoms with Crippen LogP contribution >= 0.6 is 0 Å². The van der Waals surface area contributed by atoms with Gasteiger partial charge in [-0.05, 0) is 43.7 Å². The second-order valence-electron chi connectivity index (χ2n) is 5.80. The van der Waals surface area contributed by atoms with Crippen molar-refractivity contribution in [3.8, 4) is 0 Å². The zero-order valence-corrected chi connectivity index (χ0v) is 12.5. The average molecular weight is 275 g/mol. The highest BCUT2D eigenvalue weighted by Crippen LogP contribution is 2.28. The molecule has 0 aromatic carbocycles. The van der Waals surface area contributed by atoms with Gasteiger partial charge in [-0.2, -0.15) is 0 Å². The summed E-state index contributed by atoms with van der Waals surface area (Å²) in [7, 11) is 0. The fraction of sp³-hybridized carbons (Fsp3) is 0.625. The van der Waals surface area contributed by atoms with Crippen LogP contribution < -0.4 is 10.6 Å². The van der Waals surface area contributed by atoms with Crippen LogP contribution in [0.3, 0.4) is 0 Å². The third-order valence-corrected chi connectivity index (χ3v) is 4.06. The van der Waals surface area contributed by atoms with Gasteiger partial charge >= 0.3 is 0 Å². The number of anilines is 1. The van der Waals surface area contributed by atoms with E-state index in [1.165, 1.54) is 25.7 Å². The molecule has 1 fully saturated rings. The Morgan fingerprint density at radius 1 is 1.35 bits per heavy atom. The summed E-state index contributed by atoms with van der Waals surface area (Å²) >= 11 is 0. The molecule has 0 aliphatic heterocycles. The van der Waals surface area contributed by atoms with E-state index >= 15 is 0 Å². The first-order valence-corrected chi connectivity index (χ1v) is 7.67. The Balaban J connectivity index is 1.86. The third kappa shape index (κ3) is 4.22. The predicted octanol–water partition coefficient (Wildman–Crippen LogP) is 3.07. The average Bonchev–Trinajstić information content (AvgIpc) is 2.47. The molecule has 110 valence electrons. The molecule has 0 bridgehead atoms. The SMILES string of the molecule is CCNC(=O)c1cc(NCC2CCC(C)CC2)ccn1. The van der Waals surface area contributed by atoms with Crippen LogP contribution in [-0.2, 0) is 0 Å². The monoisotopic (exact) mass is 275 g/mol. The Morgan fingerprint density at radius 3 is 2.80 bits per heavy atom. The minimum atomic E-state index is -0.109. The van der Waals surface area contributed by atoms with E-state index in [0.29, 0.717) is 12.2 Å². The number of rotatable bonds is 5. The van der Waals surface area contributed by atoms with Crippen molar-refractivity contribution < 1.29 is 4.79 Å². The molecule has 0 saturated heterocycles. The van der Waals surface area contributed by atoms with Crippen LogP contribution in [0.4, 0.5) is 5.69 Å². The summed E-state index contributed by atoms with van der Waals surface area (Å²) in [6, 6.07) is 3.75. The standard InChI is InChI=1S/C16H25N3O/c1-3-17-16(20)15-10-14(8-9-18-15)19-11-13-6-4-12(2)5-7-13/h8-10,12-13H,3-7,11H2,1-2H3,(H,17,20)(H,18,19). The number of hydrogen-bond acceptors (Lipinski definition) is 3. The van der Waals surface area contributed by atoms with Gasteiger partial charge in [-0.1, -0.05) is 19.8 Å². The van der Waals surface area contributed by atoms with Crippen molar-refractivity contribution in [3.63, 3.8) is 0 Å². The smallest absolute Gasteiger partial charge is 0.269 e. The highest BCUT2D eigenvalue weighted by molar-refractivity contribution is 5.93. The summed E-state index contributed by atoms with van der Waals surface area (Å²) < 4.78 is 0. The largest absolute Gasteiger partial charge is 0.385 e. The van der Waals surface area contributed by atoms with Gasteiger partial charge < -0.3 is 10.6 Å². The van der Waals surface area contributed by atoms with Crippen molar-refractivity contribution in [2.45, 2.75) is 39.5 Å². The summed E-state index contributed by atoms with van der Waals surface area (Å²) in [5.74, 6) is 1.53. The Morgan fingerprint density at radius 2 is 2.10 bits per heavy atom. The number of nitrogens with zero attached hydrogens (tertiary/aromatic N) is 1. The van der Waals surface area contributed by atoms with Crippen molar-refractivity contribution in [1.29, 1.82) is 0 Å². The molecule has 0 unspecified atom stereocenters. The van der Waals surface area contributed by atoms with Gasteiger partial charge in [-0.25, -0.2) is 0 Å². The number of nitrogens with one attached hydrogen (secondary N) is 2. The maximum Gasteiger partial charge on any atom is 0.269 e. The molecule has 1 aromatic rings. The van der Waals surface area contributed by atoms with Gasteiger partial charge in [0.1, 0.15) is 5.69 Å². The Labute approximate surface area is 121 Å². The molecule has 1 aromatic heterocycles. The summed E-state index contributed by atoms with van der Waals surface area (Å²) in [6.07, 6.45) is 6.99. The van der Waals surface area contributed by atoms with Crippen LogP contribution in [0.2, 0.25) is 0 Å². The van der Waals surface area contributed by atoms with Gasteiger partial charge in [-0.15, -0.1) is 0 Å². The summed E-state index contributed by atoms with van der Waals surface area (Å²) in [6.45, 7) is 5.86. The van der Waals surface area contributed by atoms with Crippen LogP contribution in [0.15, 0.2) is 18.3 Å². The molecule has 0 atom stereocenters. The third-order valence-electron chi connectivity index (χ3n) is 4.06. The zero-order chi connectivity index (χ0) is 14.4. The lowest BCUT2D eigenvalue weighted by Gasteiger charge is -2.26. The van der Waals surface area contributed by atoms with Crippen molar-refractivity contribution in [3.05, 3.63) is 24.0 Å². The van der Waals surface area contributed by atoms with Crippen LogP contribution in [0.25, 0.3) is 0 Å². The maximum absolute atomic E-state index is 11.7. The zero-order valence-electron chi connectivity index (χ0n) is 12.5. The van der Waals surface area contributed by atoms with E-state index in [4.69, 9.17) is 0 Å². The number of hydrogen-bond donors (Lipinski definition) is 2. The van der Waals surface area contributed by atoms with Crippen molar-refractivity contribution in [2.24, 2.45) is 11.8 Å². The lowest BCUT2D eigenvalue weighted by Crippen LogP contribution is -2.24. The minimum absolute atomic E-state index is 0.109. The van der Waals surface area contributed by atoms with Gasteiger partial charge in [0.05, 0.1) is 0 Å². The van der Waals surface area contributed by atoms with Gasteiger partial charge in [0, 0.05) is 25.0 Å². The van der Waals surface area contributed by atoms with Gasteiger partial charge in [-0.3, -0.25) is 9.78 Å². The second kappa shape index (κ2) is 7.27. The molecular formula is C16H25N3O. The molecule has 0 radical (unpaired) electrons. The van der Waals surface area contributed by atoms with E-state index in [1.807, 2.05) is 19.1 Å². The van der Waals surface area contributed by atoms with Crippen LogP contribution in [-0.4, -0.2) is 24.0 Å². The first-order valence-electron chi connectivity index (χ1n) is 7.67. The summed E-state index contributed by atoms with van der Waals surface area (Å²) in [5.41, 5.74) is 1.47. The van der Waals surface area contributed by atoms with Gasteiger partial charge in [0.25, 0.3) is 5.91 Å². The van der Waals surface area contributed by atoms with Crippen LogP contribution in [0, 0.1) is 11.8 Å². The van der Waals surface area contributed by atoms with Crippen LogP contribution in [0.1, 0.15) is 50.0 Å². The van der Waals surface area contributed by atoms with E-state index < -0.39 is 0 Å². The molecule has 2 N–H and O–H groups in total. The lowest BCUT2D eigenvalue weighted by molar-refractivity contribution is 0.0951. The van der Waals surface area contributed by atoms with Gasteiger partial charge in [0.2, 0.25) is 0 Å². The number of carbonyl (C=O) groups is 1. The fourth-order valence-electron chi connectivity index (χ4n) is 2.71. The Kier molecular flexibility index (Phi) is 5.39. The molecule has 1 amide bonds. The molecule has 1 aliphatic rings. The molecule has 2 rings (SSSR count). The predicted molar refractivity (Wildman–Crippen MR) is 81.9 cm³/mol. The molecule has 4 nitrogen and oxygen atoms in total. The highest BCUT2D eigenvalue weighted by atomic mass is 16.1. The number of amides is 1. The molecular weight excluding hydrogens is 250 g/mol. The second-order valence-corrected chi connectivity index (χ2v) is 5.80. The maximum atomic E-state index is 11.7. The molecule has 4 heteroatoms. The molecule has 1 aliphatic carbocycles. The first kappa shape index (κ1) is 14.8. The quantitative estimate of drug-likeness (QED) is 0.868. The number of aromatic nitrogens is 1. The highest BCUT2D eigenvalue weighted by Gasteiger charge is 2.17. The Hall–Kier alpha value is -1.58. The summed E-state index contributed by atoms with van der Waals surface area (Å²) in [5, 5.41) is 6.22. The van der Waals surface area contributed by atoms with Crippen molar-refractivity contribution in [1.82, 2.24) is 10.3 Å². The first-order chi connectivity index (χ1) is 9.69. The van der Waals surface area contributed by atoms with E-state index in [-0.39, 0.29) is 5.91 Å². The fourth-order valence-corrected chi connectivity index (χ4v) is 2.71. The molecule has 20 heavy (non-hydrogen) atoms. The van der Waals surface area contributed by atoms with Crippen molar-refractivity contribution in [2.75, 3.05) is 18.4 Å². The topological polar surface area (TPSA) is 54.0 Å². The van der Waals surface area contributed by atoms with E-state index in [2.05, 4.69) is 22.5 Å². The summed E-state index contributed by atoms with van der Waals surface area (Å²) in [4.78, 5) is 15.8. The molecule has 0 spiro atoms. The van der Waals surface area contributed by atoms with Crippen molar-refractivity contribution >= 4 is 11.6 Å². The number of carbonyl (C=O) groups excluding carboxylic acids is 1. The molecule has 1 heterocycles. The normalized spacial score (nSPS) is 22.3. The van der Waals surface area contributed by atoms with Crippen LogP contribution in [0.5, 0.6) is 0 Å². The minimum Gasteiger partial charge on any atom is -0.385 e. The van der Waals surface area contributed by atoms with E-state index in [0.717, 1.165) is 24.1 Å².